The van der Waals surface area contributed by atoms with Crippen molar-refractivity contribution in [1.82, 2.24) is 18.7 Å². The average molecular weight is 674 g/mol. The van der Waals surface area contributed by atoms with Gasteiger partial charge in [-0.3, -0.25) is 0 Å². The van der Waals surface area contributed by atoms with Crippen molar-refractivity contribution < 1.29 is 0 Å². The van der Waals surface area contributed by atoms with E-state index in [4.69, 9.17) is 22.5 Å². The molecule has 0 aliphatic rings. The van der Waals surface area contributed by atoms with Crippen LogP contribution >= 0.6 is 35.0 Å². The van der Waals surface area contributed by atoms with Gasteiger partial charge in [0.05, 0.1) is 0 Å². The zero-order valence-electron chi connectivity index (χ0n) is 27.8. The summed E-state index contributed by atoms with van der Waals surface area (Å²) >= 11 is 15.3. The quantitative estimate of drug-likeness (QED) is 0.139. The van der Waals surface area contributed by atoms with Gasteiger partial charge in [0.2, 0.25) is 0 Å². The number of benzene rings is 4. The van der Waals surface area contributed by atoms with E-state index < -0.39 is 12.5 Å². The van der Waals surface area contributed by atoms with E-state index >= 15 is 0 Å². The molecule has 0 radical (unpaired) electrons. The molecule has 240 valence electrons. The molecule has 0 amide bonds. The molecular weight excluding hydrogens is 621 g/mol. The molecular formula is C36H52Cl2N4P2. The molecule has 0 spiro atoms. The van der Waals surface area contributed by atoms with Gasteiger partial charge in [0, 0.05) is 0 Å². The Bertz CT molecular complexity index is 1350. The average Bonchev–Trinajstić information content (AvgIpc) is 3.03. The van der Waals surface area contributed by atoms with Gasteiger partial charge < -0.3 is 0 Å². The first-order valence-electron chi connectivity index (χ1n) is 15.3. The van der Waals surface area contributed by atoms with Crippen LogP contribution in [0.3, 0.4) is 0 Å². The van der Waals surface area contributed by atoms with Gasteiger partial charge in [0.1, 0.15) is 0 Å². The van der Waals surface area contributed by atoms with Crippen LogP contribution in [0.4, 0.5) is 0 Å². The minimum atomic E-state index is -3.12. The fraction of sp³-hybridized carbons (Fsp3) is 0.333. The molecule has 0 saturated carbocycles. The van der Waals surface area contributed by atoms with Gasteiger partial charge in [-0.25, -0.2) is 0 Å². The molecule has 8 heteroatoms. The molecule has 0 aromatic heterocycles. The molecule has 0 atom stereocenters. The standard InChI is InChI=1S/C23H27ClNP.C13H25ClN3P/c1-3-25(4-2)26(24,22-16-10-6-11-17-22,23-18-12-7-13-19-23)20-21-14-8-5-9-15-21;1-15(2)18(14,16(3)4,17(5)6)12-13-10-8-7-9-11-13/h5-19H,3-4,20H2,1-2H3;7-11H,12H2,1-6H3. The van der Waals surface area contributed by atoms with E-state index in [1.54, 1.807) is 0 Å². The summed E-state index contributed by atoms with van der Waals surface area (Å²) in [5, 5.41) is 2.47. The fourth-order valence-electron chi connectivity index (χ4n) is 6.35. The van der Waals surface area contributed by atoms with E-state index in [1.165, 1.54) is 21.7 Å². The topological polar surface area (TPSA) is 13.0 Å². The summed E-state index contributed by atoms with van der Waals surface area (Å²) in [4.78, 5) is 0. The molecule has 0 aliphatic carbocycles. The summed E-state index contributed by atoms with van der Waals surface area (Å²) in [5.74, 6) is 0. The summed E-state index contributed by atoms with van der Waals surface area (Å²) in [6.07, 6.45) is -4.25. The van der Waals surface area contributed by atoms with Gasteiger partial charge in [-0.15, -0.1) is 0 Å². The maximum absolute atomic E-state index is 8.01. The molecule has 0 unspecified atom stereocenters. The van der Waals surface area contributed by atoms with Crippen LogP contribution in [0.25, 0.3) is 0 Å². The van der Waals surface area contributed by atoms with E-state index in [-0.39, 0.29) is 0 Å². The molecule has 44 heavy (non-hydrogen) atoms. The minimum absolute atomic E-state index is 0.823. The van der Waals surface area contributed by atoms with E-state index in [9.17, 15) is 0 Å². The van der Waals surface area contributed by atoms with Crippen molar-refractivity contribution in [3.8, 4) is 0 Å². The maximum atomic E-state index is 8.01. The molecule has 4 rings (SSSR count). The molecule has 0 aliphatic heterocycles. The van der Waals surface area contributed by atoms with E-state index in [0.29, 0.717) is 0 Å². The van der Waals surface area contributed by atoms with Gasteiger partial charge in [-0.05, 0) is 0 Å². The second-order valence-electron chi connectivity index (χ2n) is 11.8. The van der Waals surface area contributed by atoms with Crippen molar-refractivity contribution >= 4 is 45.6 Å². The summed E-state index contributed by atoms with van der Waals surface area (Å²) < 4.78 is 9.05. The summed E-state index contributed by atoms with van der Waals surface area (Å²) in [5.41, 5.74) is 2.54. The van der Waals surface area contributed by atoms with Crippen LogP contribution in [-0.4, -0.2) is 74.1 Å². The van der Waals surface area contributed by atoms with Crippen LogP contribution in [0.5, 0.6) is 0 Å². The monoisotopic (exact) mass is 672 g/mol. The van der Waals surface area contributed by atoms with Gasteiger partial charge >= 0.3 is 278 Å². The van der Waals surface area contributed by atoms with Gasteiger partial charge in [-0.1, -0.05) is 0 Å². The first-order chi connectivity index (χ1) is 20.9. The molecule has 4 aromatic carbocycles. The van der Waals surface area contributed by atoms with E-state index in [2.05, 4.69) is 190 Å². The third-order valence-corrected chi connectivity index (χ3v) is 25.2. The molecule has 0 bridgehead atoms. The third kappa shape index (κ3) is 6.95. The second-order valence-corrected chi connectivity index (χ2v) is 25.1. The molecule has 4 nitrogen and oxygen atoms in total. The molecule has 0 heterocycles. The van der Waals surface area contributed by atoms with E-state index in [1.807, 2.05) is 6.07 Å². The fourth-order valence-corrected chi connectivity index (χ4v) is 17.5. The zero-order chi connectivity index (χ0) is 32.5. The number of nitrogens with zero attached hydrogens (tertiary/aromatic N) is 4. The third-order valence-electron chi connectivity index (χ3n) is 8.87. The van der Waals surface area contributed by atoms with Crippen molar-refractivity contribution in [2.24, 2.45) is 0 Å². The Morgan fingerprint density at radius 1 is 0.455 bits per heavy atom. The Labute approximate surface area is 277 Å². The SMILES string of the molecule is CCN(CC)P(Cl)(Cc1ccccc1)(c1ccccc1)c1ccccc1.CN(C)P(Cl)(Cc1ccccc1)(N(C)C)N(C)C. The Balaban J connectivity index is 0.000000259. The van der Waals surface area contributed by atoms with Crippen LogP contribution in [0.1, 0.15) is 25.0 Å². The van der Waals surface area contributed by atoms with Crippen molar-refractivity contribution in [3.05, 3.63) is 132 Å². The van der Waals surface area contributed by atoms with Crippen LogP contribution in [-0.2, 0) is 12.3 Å². The normalized spacial score (nSPS) is 14.0. The summed E-state index contributed by atoms with van der Waals surface area (Å²) in [7, 11) is 12.4. The Kier molecular flexibility index (Phi) is 12.6. The Morgan fingerprint density at radius 2 is 0.750 bits per heavy atom. The summed E-state index contributed by atoms with van der Waals surface area (Å²) in [6.45, 7) is 6.25. The second kappa shape index (κ2) is 15.2. The van der Waals surface area contributed by atoms with Crippen LogP contribution in [0, 0.1) is 0 Å². The molecule has 4 aromatic rings. The van der Waals surface area contributed by atoms with Crippen LogP contribution < -0.4 is 10.6 Å². The van der Waals surface area contributed by atoms with Crippen molar-refractivity contribution in [2.45, 2.75) is 26.2 Å². The van der Waals surface area contributed by atoms with Crippen molar-refractivity contribution in [2.75, 3.05) is 55.4 Å². The van der Waals surface area contributed by atoms with Crippen LogP contribution in [0.2, 0.25) is 0 Å². The predicted molar refractivity (Wildman–Crippen MR) is 202 cm³/mol. The number of hydrogen-bond donors (Lipinski definition) is 0. The number of halogens is 2. The summed E-state index contributed by atoms with van der Waals surface area (Å²) in [6, 6.07) is 42.5. The van der Waals surface area contributed by atoms with Gasteiger partial charge in [0.15, 0.2) is 0 Å². The van der Waals surface area contributed by atoms with Crippen molar-refractivity contribution in [3.63, 3.8) is 0 Å². The Hall–Kier alpha value is -1.84. The van der Waals surface area contributed by atoms with Crippen LogP contribution in [0.15, 0.2) is 121 Å². The number of hydrogen-bond acceptors (Lipinski definition) is 4. The van der Waals surface area contributed by atoms with E-state index in [0.717, 1.165) is 25.4 Å². The van der Waals surface area contributed by atoms with Gasteiger partial charge in [0.25, 0.3) is 0 Å². The van der Waals surface area contributed by atoms with Crippen molar-refractivity contribution in [1.29, 1.82) is 0 Å². The zero-order valence-corrected chi connectivity index (χ0v) is 31.1. The first-order valence-corrected chi connectivity index (χ1v) is 21.8. The Morgan fingerprint density at radius 3 is 1.05 bits per heavy atom. The predicted octanol–water partition coefficient (Wildman–Crippen LogP) is 9.13. The molecule has 0 fully saturated rings. The number of rotatable bonds is 12. The molecule has 0 N–H and O–H groups in total. The first kappa shape index (κ1) is 36.6. The van der Waals surface area contributed by atoms with Gasteiger partial charge in [-0.2, -0.15) is 0 Å². The molecule has 0 saturated heterocycles.